The molecule has 0 aromatic heterocycles. The minimum atomic E-state index is -1.43. The van der Waals surface area contributed by atoms with Crippen LogP contribution in [0, 0.1) is 16.0 Å². The number of nitrogens with zero attached hydrogens (tertiary/aromatic N) is 1. The van der Waals surface area contributed by atoms with Crippen molar-refractivity contribution in [2.45, 2.75) is 44.9 Å². The van der Waals surface area contributed by atoms with E-state index in [4.69, 9.17) is 14.2 Å². The second-order valence-electron chi connectivity index (χ2n) is 5.54. The Morgan fingerprint density at radius 1 is 1.27 bits per heavy atom. The molecular formula is C15H21NO6. The van der Waals surface area contributed by atoms with Crippen molar-refractivity contribution >= 4 is 5.69 Å². The first-order chi connectivity index (χ1) is 10.5. The van der Waals surface area contributed by atoms with Gasteiger partial charge in [-0.25, -0.2) is 0 Å². The molecule has 0 heterocycles. The largest absolute Gasteiger partial charge is 0.441 e. The number of hydrogen-bond acceptors (Lipinski definition) is 6. The summed E-state index contributed by atoms with van der Waals surface area (Å²) < 4.78 is 16.1. The van der Waals surface area contributed by atoms with Gasteiger partial charge in [0.15, 0.2) is 0 Å². The highest BCUT2D eigenvalue weighted by Crippen LogP contribution is 2.29. The molecule has 1 N–H and O–H groups in total. The number of aliphatic hydroxyl groups is 1. The van der Waals surface area contributed by atoms with E-state index in [-0.39, 0.29) is 17.9 Å². The van der Waals surface area contributed by atoms with Crippen LogP contribution in [0.2, 0.25) is 0 Å². The van der Waals surface area contributed by atoms with E-state index < -0.39 is 11.4 Å². The molecule has 0 spiro atoms. The molecule has 1 aliphatic rings. The van der Waals surface area contributed by atoms with Gasteiger partial charge in [0.2, 0.25) is 0 Å². The maximum Gasteiger partial charge on any atom is 0.313 e. The van der Waals surface area contributed by atoms with Gasteiger partial charge in [-0.2, -0.15) is 0 Å². The van der Waals surface area contributed by atoms with Gasteiger partial charge in [0.05, 0.1) is 17.1 Å². The van der Waals surface area contributed by atoms with E-state index in [0.29, 0.717) is 11.7 Å². The maximum absolute atomic E-state index is 10.6. The Balaban J connectivity index is 1.89. The van der Waals surface area contributed by atoms with Crippen LogP contribution in [0.4, 0.5) is 5.69 Å². The van der Waals surface area contributed by atoms with Crippen LogP contribution in [0.25, 0.3) is 0 Å². The summed E-state index contributed by atoms with van der Waals surface area (Å²) in [6, 6.07) is 5.45. The molecule has 1 saturated carbocycles. The average Bonchev–Trinajstić information content (AvgIpc) is 2.49. The van der Waals surface area contributed by atoms with Crippen LogP contribution in [0.1, 0.15) is 26.2 Å². The standard InChI is InChI=1S/C15H21NO6/c1-10-3-8-13(14(9-10)20-2)22-15(17)21-12-6-4-11(5-7-12)16(18)19/h4-7,10,13-15,17H,3,8-9H2,1-2H3/t10-,13-,14-,15?/m1/s1. The van der Waals surface area contributed by atoms with E-state index in [1.54, 1.807) is 7.11 Å². The first-order valence-corrected chi connectivity index (χ1v) is 7.27. The smallest absolute Gasteiger partial charge is 0.313 e. The molecule has 1 unspecified atom stereocenters. The van der Waals surface area contributed by atoms with Crippen molar-refractivity contribution in [3.63, 3.8) is 0 Å². The number of aliphatic hydroxyl groups excluding tert-OH is 1. The quantitative estimate of drug-likeness (QED) is 0.493. The molecule has 7 nitrogen and oxygen atoms in total. The first kappa shape index (κ1) is 16.7. The molecule has 122 valence electrons. The lowest BCUT2D eigenvalue weighted by molar-refractivity contribution is -0.384. The lowest BCUT2D eigenvalue weighted by atomic mass is 9.86. The van der Waals surface area contributed by atoms with Crippen molar-refractivity contribution in [1.82, 2.24) is 0 Å². The van der Waals surface area contributed by atoms with Crippen LogP contribution in [0.5, 0.6) is 5.75 Å². The van der Waals surface area contributed by atoms with Gasteiger partial charge < -0.3 is 19.3 Å². The van der Waals surface area contributed by atoms with E-state index in [1.165, 1.54) is 24.3 Å². The lowest BCUT2D eigenvalue weighted by Crippen LogP contribution is -2.40. The molecule has 22 heavy (non-hydrogen) atoms. The molecule has 4 atom stereocenters. The fourth-order valence-corrected chi connectivity index (χ4v) is 2.64. The van der Waals surface area contributed by atoms with Gasteiger partial charge in [-0.1, -0.05) is 6.92 Å². The summed E-state index contributed by atoms with van der Waals surface area (Å²) in [7, 11) is 1.63. The highest BCUT2D eigenvalue weighted by Gasteiger charge is 2.31. The third-order valence-electron chi connectivity index (χ3n) is 3.87. The lowest BCUT2D eigenvalue weighted by Gasteiger charge is -2.34. The van der Waals surface area contributed by atoms with E-state index in [9.17, 15) is 15.2 Å². The van der Waals surface area contributed by atoms with Gasteiger partial charge in [0.1, 0.15) is 5.75 Å². The molecule has 7 heteroatoms. The fourth-order valence-electron chi connectivity index (χ4n) is 2.64. The van der Waals surface area contributed by atoms with Crippen molar-refractivity contribution in [3.8, 4) is 5.75 Å². The van der Waals surface area contributed by atoms with Crippen molar-refractivity contribution in [2.24, 2.45) is 5.92 Å². The zero-order valence-corrected chi connectivity index (χ0v) is 12.7. The van der Waals surface area contributed by atoms with Gasteiger partial charge in [-0.15, -0.1) is 0 Å². The van der Waals surface area contributed by atoms with Crippen LogP contribution in [0.15, 0.2) is 24.3 Å². The van der Waals surface area contributed by atoms with E-state index in [2.05, 4.69) is 6.92 Å². The maximum atomic E-state index is 10.6. The molecule has 1 fully saturated rings. The molecule has 1 aliphatic carbocycles. The zero-order valence-electron chi connectivity index (χ0n) is 12.7. The predicted molar refractivity (Wildman–Crippen MR) is 78.4 cm³/mol. The summed E-state index contributed by atoms with van der Waals surface area (Å²) in [6.45, 7) is 0.726. The third kappa shape index (κ3) is 4.40. The van der Waals surface area contributed by atoms with Gasteiger partial charge in [-0.3, -0.25) is 10.1 Å². The van der Waals surface area contributed by atoms with Crippen LogP contribution in [-0.2, 0) is 9.47 Å². The zero-order chi connectivity index (χ0) is 16.1. The number of non-ortho nitro benzene ring substituents is 1. The molecule has 0 amide bonds. The summed E-state index contributed by atoms with van der Waals surface area (Å²) in [5, 5.41) is 20.4. The number of nitro groups is 1. The topological polar surface area (TPSA) is 91.1 Å². The Hall–Kier alpha value is -1.70. The van der Waals surface area contributed by atoms with Gasteiger partial charge in [-0.05, 0) is 37.3 Å². The van der Waals surface area contributed by atoms with Crippen LogP contribution >= 0.6 is 0 Å². The van der Waals surface area contributed by atoms with Gasteiger partial charge >= 0.3 is 6.48 Å². The highest BCUT2D eigenvalue weighted by atomic mass is 16.8. The number of benzene rings is 1. The van der Waals surface area contributed by atoms with Crippen LogP contribution in [-0.4, -0.2) is 35.8 Å². The van der Waals surface area contributed by atoms with Crippen LogP contribution in [0.3, 0.4) is 0 Å². The Labute approximate surface area is 128 Å². The Bertz CT molecular complexity index is 491. The summed E-state index contributed by atoms with van der Waals surface area (Å²) in [5.74, 6) is 0.869. The summed E-state index contributed by atoms with van der Waals surface area (Å²) in [5.41, 5.74) is -0.0385. The minimum absolute atomic E-state index is 0.0385. The van der Waals surface area contributed by atoms with E-state index in [1.807, 2.05) is 0 Å². The number of rotatable bonds is 6. The van der Waals surface area contributed by atoms with Crippen LogP contribution < -0.4 is 4.74 Å². The van der Waals surface area contributed by atoms with E-state index >= 15 is 0 Å². The Morgan fingerprint density at radius 3 is 2.55 bits per heavy atom. The van der Waals surface area contributed by atoms with Crippen molar-refractivity contribution < 1.29 is 24.2 Å². The summed E-state index contributed by atoms with van der Waals surface area (Å²) >= 11 is 0. The number of methoxy groups -OCH3 is 1. The monoisotopic (exact) mass is 311 g/mol. The second kappa shape index (κ2) is 7.53. The van der Waals surface area contributed by atoms with E-state index in [0.717, 1.165) is 19.3 Å². The summed E-state index contributed by atoms with van der Waals surface area (Å²) in [4.78, 5) is 10.1. The molecule has 0 bridgehead atoms. The fraction of sp³-hybridized carbons (Fsp3) is 0.600. The normalized spacial score (nSPS) is 26.4. The summed E-state index contributed by atoms with van der Waals surface area (Å²) in [6.07, 6.45) is 2.38. The SMILES string of the molecule is CO[C@@H]1C[C@H](C)CC[C@H]1OC(O)Oc1ccc([N+](=O)[O-])cc1. The second-order valence-corrected chi connectivity index (χ2v) is 5.54. The van der Waals surface area contributed by atoms with Gasteiger partial charge in [0.25, 0.3) is 5.69 Å². The Kier molecular flexibility index (Phi) is 5.70. The van der Waals surface area contributed by atoms with Crippen molar-refractivity contribution in [2.75, 3.05) is 7.11 Å². The molecule has 1 aromatic rings. The third-order valence-corrected chi connectivity index (χ3v) is 3.87. The number of ether oxygens (including phenoxy) is 3. The molecule has 2 rings (SSSR count). The number of nitro benzene ring substituents is 1. The molecule has 0 saturated heterocycles. The van der Waals surface area contributed by atoms with Crippen molar-refractivity contribution in [1.29, 1.82) is 0 Å². The first-order valence-electron chi connectivity index (χ1n) is 7.27. The van der Waals surface area contributed by atoms with Gasteiger partial charge in [0, 0.05) is 19.2 Å². The number of hydrogen-bond donors (Lipinski definition) is 1. The predicted octanol–water partition coefficient (Wildman–Crippen LogP) is 2.47. The average molecular weight is 311 g/mol. The molecule has 0 radical (unpaired) electrons. The minimum Gasteiger partial charge on any atom is -0.441 e. The highest BCUT2D eigenvalue weighted by molar-refractivity contribution is 5.35. The van der Waals surface area contributed by atoms with Crippen molar-refractivity contribution in [3.05, 3.63) is 34.4 Å². The molecule has 1 aromatic carbocycles. The Morgan fingerprint density at radius 2 is 1.95 bits per heavy atom. The molecular weight excluding hydrogens is 290 g/mol. The molecule has 0 aliphatic heterocycles.